The number of carbonyl (C=O) groups is 1. The van der Waals surface area contributed by atoms with Crippen molar-refractivity contribution in [1.29, 1.82) is 0 Å². The van der Waals surface area contributed by atoms with E-state index in [9.17, 15) is 4.79 Å². The van der Waals surface area contributed by atoms with Gasteiger partial charge in [0.2, 0.25) is 11.8 Å². The highest BCUT2D eigenvalue weighted by molar-refractivity contribution is 7.99. The molecule has 3 heterocycles. The van der Waals surface area contributed by atoms with Gasteiger partial charge < -0.3 is 15.8 Å². The van der Waals surface area contributed by atoms with E-state index in [4.69, 9.17) is 10.5 Å². The van der Waals surface area contributed by atoms with Gasteiger partial charge in [-0.1, -0.05) is 12.1 Å². The highest BCUT2D eigenvalue weighted by atomic mass is 32.2. The molecule has 0 unspecified atom stereocenters. The number of hydrogen-bond donors (Lipinski definition) is 2. The number of methoxy groups -OCH3 is 1. The summed E-state index contributed by atoms with van der Waals surface area (Å²) in [7, 11) is 1.52. The average molecular weight is 430 g/mol. The van der Waals surface area contributed by atoms with Gasteiger partial charge >= 0.3 is 0 Å². The highest BCUT2D eigenvalue weighted by Gasteiger charge is 2.17. The van der Waals surface area contributed by atoms with E-state index in [2.05, 4.69) is 38.4 Å². The van der Waals surface area contributed by atoms with E-state index in [1.54, 1.807) is 6.07 Å². The number of nitrogens with two attached hydrogens (primary N) is 1. The fourth-order valence-corrected chi connectivity index (χ4v) is 5.18. The number of benzene rings is 1. The summed E-state index contributed by atoms with van der Waals surface area (Å²) < 4.78 is 5.26. The zero-order valence-corrected chi connectivity index (χ0v) is 18.0. The molecule has 0 spiro atoms. The number of anilines is 2. The van der Waals surface area contributed by atoms with Crippen molar-refractivity contribution in [3.05, 3.63) is 40.3 Å². The van der Waals surface area contributed by atoms with Crippen LogP contribution in [0, 0.1) is 6.92 Å². The molecule has 0 atom stereocenters. The first-order valence-corrected chi connectivity index (χ1v) is 11.3. The lowest BCUT2D eigenvalue weighted by Crippen LogP contribution is -2.32. The molecular weight excluding hydrogens is 406 g/mol. The first-order chi connectivity index (χ1) is 14.0. The smallest absolute Gasteiger partial charge is 0.265 e. The van der Waals surface area contributed by atoms with Gasteiger partial charge in [0, 0.05) is 36.8 Å². The topological polar surface area (TPSA) is 93.4 Å². The lowest BCUT2D eigenvalue weighted by atomic mass is 10.1. The highest BCUT2D eigenvalue weighted by Crippen LogP contribution is 2.31. The summed E-state index contributed by atoms with van der Waals surface area (Å²) in [5.74, 6) is 2.68. The monoisotopic (exact) mass is 429 g/mol. The second-order valence-electron chi connectivity index (χ2n) is 6.91. The molecule has 1 aliphatic rings. The fraction of sp³-hybridized carbons (Fsp3) is 0.350. The van der Waals surface area contributed by atoms with Crippen molar-refractivity contribution in [3.8, 4) is 5.88 Å². The Labute approximate surface area is 177 Å². The van der Waals surface area contributed by atoms with E-state index < -0.39 is 0 Å². The van der Waals surface area contributed by atoms with Gasteiger partial charge in [-0.2, -0.15) is 16.7 Å². The maximum atomic E-state index is 12.9. The summed E-state index contributed by atoms with van der Waals surface area (Å²) >= 11 is 3.28. The van der Waals surface area contributed by atoms with Gasteiger partial charge in [-0.25, -0.2) is 4.98 Å². The summed E-state index contributed by atoms with van der Waals surface area (Å²) in [6, 6.07) is 8.01. The molecule has 3 aromatic rings. The van der Waals surface area contributed by atoms with Gasteiger partial charge in [-0.3, -0.25) is 9.69 Å². The summed E-state index contributed by atoms with van der Waals surface area (Å²) in [6.45, 7) is 5.11. The van der Waals surface area contributed by atoms with Gasteiger partial charge in [0.1, 0.15) is 4.83 Å². The summed E-state index contributed by atoms with van der Waals surface area (Å²) in [5, 5.41) is 3.73. The first-order valence-electron chi connectivity index (χ1n) is 9.35. The standard InChI is InChI=1S/C20H23N5O2S2/c1-12-3-4-13(11-25-5-7-28-8-6-25)9-15(12)22-17(26)16-10-14-18(27-2)23-20(21)24-19(14)29-16/h3-4,9-10H,5-8,11H2,1-2H3,(H,22,26)(H2,21,23,24). The van der Waals surface area contributed by atoms with Crippen LogP contribution in [0.25, 0.3) is 10.2 Å². The third-order valence-corrected chi connectivity index (χ3v) is 6.82. The van der Waals surface area contributed by atoms with E-state index in [-0.39, 0.29) is 11.9 Å². The van der Waals surface area contributed by atoms with Crippen LogP contribution in [0.1, 0.15) is 20.8 Å². The predicted octanol–water partition coefficient (Wildman–Crippen LogP) is 3.39. The number of aryl methyl sites for hydroxylation is 1. The zero-order valence-electron chi connectivity index (χ0n) is 16.4. The van der Waals surface area contributed by atoms with E-state index >= 15 is 0 Å². The molecule has 0 aliphatic carbocycles. The summed E-state index contributed by atoms with van der Waals surface area (Å²) in [4.78, 5) is 24.8. The number of nitrogen functional groups attached to an aromatic ring is 1. The Morgan fingerprint density at radius 2 is 2.07 bits per heavy atom. The molecule has 1 aliphatic heterocycles. The number of amides is 1. The van der Waals surface area contributed by atoms with Crippen molar-refractivity contribution in [2.75, 3.05) is 42.8 Å². The van der Waals surface area contributed by atoms with Crippen LogP contribution >= 0.6 is 23.1 Å². The van der Waals surface area contributed by atoms with Crippen molar-refractivity contribution in [3.63, 3.8) is 0 Å². The Balaban J connectivity index is 1.54. The van der Waals surface area contributed by atoms with Crippen LogP contribution in [0.3, 0.4) is 0 Å². The lowest BCUT2D eigenvalue weighted by Gasteiger charge is -2.26. The van der Waals surface area contributed by atoms with Crippen LogP contribution < -0.4 is 15.8 Å². The van der Waals surface area contributed by atoms with Crippen molar-refractivity contribution in [1.82, 2.24) is 14.9 Å². The largest absolute Gasteiger partial charge is 0.480 e. The molecule has 1 fully saturated rings. The van der Waals surface area contributed by atoms with Gasteiger partial charge in [0.05, 0.1) is 17.4 Å². The average Bonchev–Trinajstić information content (AvgIpc) is 3.14. The maximum absolute atomic E-state index is 12.9. The fourth-order valence-electron chi connectivity index (χ4n) is 3.28. The number of nitrogens with one attached hydrogen (secondary N) is 1. The predicted molar refractivity (Wildman–Crippen MR) is 120 cm³/mol. The van der Waals surface area contributed by atoms with Crippen molar-refractivity contribution in [2.45, 2.75) is 13.5 Å². The molecule has 1 amide bonds. The van der Waals surface area contributed by atoms with Crippen molar-refractivity contribution in [2.24, 2.45) is 0 Å². The van der Waals surface area contributed by atoms with Gasteiger partial charge in [-0.15, -0.1) is 11.3 Å². The van der Waals surface area contributed by atoms with E-state index in [1.165, 1.54) is 35.5 Å². The van der Waals surface area contributed by atoms with E-state index in [0.717, 1.165) is 30.9 Å². The van der Waals surface area contributed by atoms with E-state index in [0.29, 0.717) is 21.0 Å². The molecule has 9 heteroatoms. The normalized spacial score (nSPS) is 14.8. The van der Waals surface area contributed by atoms with Crippen LogP contribution in [-0.2, 0) is 6.54 Å². The number of ether oxygens (including phenoxy) is 1. The number of fused-ring (bicyclic) bond motifs is 1. The molecule has 4 rings (SSSR count). The van der Waals surface area contributed by atoms with Crippen LogP contribution in [0.15, 0.2) is 24.3 Å². The molecule has 0 bridgehead atoms. The minimum atomic E-state index is -0.178. The number of carbonyl (C=O) groups excluding carboxylic acids is 1. The zero-order chi connectivity index (χ0) is 20.4. The Morgan fingerprint density at radius 3 is 2.83 bits per heavy atom. The molecule has 0 saturated carbocycles. The van der Waals surface area contributed by atoms with Crippen LogP contribution in [0.5, 0.6) is 5.88 Å². The van der Waals surface area contributed by atoms with Crippen molar-refractivity contribution >= 4 is 50.9 Å². The Morgan fingerprint density at radius 1 is 1.28 bits per heavy atom. The molecule has 1 aromatic carbocycles. The van der Waals surface area contributed by atoms with Gasteiger partial charge in [0.25, 0.3) is 5.91 Å². The van der Waals surface area contributed by atoms with Crippen LogP contribution in [0.2, 0.25) is 0 Å². The Kier molecular flexibility index (Phi) is 5.89. The number of aromatic nitrogens is 2. The lowest BCUT2D eigenvalue weighted by molar-refractivity contribution is 0.103. The minimum Gasteiger partial charge on any atom is -0.480 e. The molecule has 1 saturated heterocycles. The molecule has 2 aromatic heterocycles. The number of thiophene rings is 1. The quantitative estimate of drug-likeness (QED) is 0.642. The number of rotatable bonds is 5. The Hall–Kier alpha value is -2.36. The van der Waals surface area contributed by atoms with Gasteiger partial charge in [0.15, 0.2) is 0 Å². The number of thioether (sulfide) groups is 1. The molecule has 3 N–H and O–H groups in total. The Bertz CT molecular complexity index is 1050. The van der Waals surface area contributed by atoms with E-state index in [1.807, 2.05) is 18.7 Å². The molecule has 29 heavy (non-hydrogen) atoms. The maximum Gasteiger partial charge on any atom is 0.265 e. The SMILES string of the molecule is COc1nc(N)nc2sc(C(=O)Nc3cc(CN4CCSCC4)ccc3C)cc12. The molecule has 7 nitrogen and oxygen atoms in total. The minimum absolute atomic E-state index is 0.128. The van der Waals surface area contributed by atoms with Crippen LogP contribution in [0.4, 0.5) is 11.6 Å². The molecule has 152 valence electrons. The first kappa shape index (κ1) is 19.9. The third kappa shape index (κ3) is 4.47. The second-order valence-corrected chi connectivity index (χ2v) is 9.17. The molecular formula is C20H23N5O2S2. The van der Waals surface area contributed by atoms with Crippen LogP contribution in [-0.4, -0.2) is 52.5 Å². The number of nitrogens with zero attached hydrogens (tertiary/aromatic N) is 3. The summed E-state index contributed by atoms with van der Waals surface area (Å²) in [5.41, 5.74) is 8.78. The third-order valence-electron chi connectivity index (χ3n) is 4.85. The molecule has 0 radical (unpaired) electrons. The second kappa shape index (κ2) is 8.56. The summed E-state index contributed by atoms with van der Waals surface area (Å²) in [6.07, 6.45) is 0. The number of hydrogen-bond acceptors (Lipinski definition) is 8. The van der Waals surface area contributed by atoms with Gasteiger partial charge in [-0.05, 0) is 30.2 Å². The van der Waals surface area contributed by atoms with Crippen molar-refractivity contribution < 1.29 is 9.53 Å².